The summed E-state index contributed by atoms with van der Waals surface area (Å²) in [7, 11) is 0. The highest BCUT2D eigenvalue weighted by Crippen LogP contribution is 2.04. The molecule has 0 atom stereocenters. The van der Waals surface area contributed by atoms with E-state index in [1.54, 1.807) is 0 Å². The van der Waals surface area contributed by atoms with Gasteiger partial charge in [0, 0.05) is 6.61 Å². The van der Waals surface area contributed by atoms with E-state index < -0.39 is 6.08 Å². The van der Waals surface area contributed by atoms with E-state index in [0.29, 0.717) is 12.8 Å². The Labute approximate surface area is 59.4 Å². The molecular weight excluding hydrogens is 138 g/mol. The van der Waals surface area contributed by atoms with Crippen molar-refractivity contribution in [3.8, 4) is 0 Å². The average molecular weight is 150 g/mol. The van der Waals surface area contributed by atoms with E-state index >= 15 is 0 Å². The van der Waals surface area contributed by atoms with E-state index in [0.717, 1.165) is 18.9 Å². The molecule has 0 saturated heterocycles. The second-order valence-electron chi connectivity index (χ2n) is 2.07. The van der Waals surface area contributed by atoms with E-state index in [1.807, 2.05) is 0 Å². The Morgan fingerprint density at radius 1 is 1.20 bits per heavy atom. The third-order valence-electron chi connectivity index (χ3n) is 1.16. The van der Waals surface area contributed by atoms with Crippen molar-refractivity contribution < 1.29 is 13.9 Å². The molecule has 0 aromatic heterocycles. The minimum atomic E-state index is -1.61. The summed E-state index contributed by atoms with van der Waals surface area (Å²) in [6, 6.07) is 0. The lowest BCUT2D eigenvalue weighted by Gasteiger charge is -1.92. The minimum absolute atomic E-state index is 0.155. The van der Waals surface area contributed by atoms with Gasteiger partial charge in [-0.25, -0.2) is 0 Å². The third kappa shape index (κ3) is 7.56. The maximum absolute atomic E-state index is 11.4. The van der Waals surface area contributed by atoms with Crippen molar-refractivity contribution in [3.05, 3.63) is 12.2 Å². The summed E-state index contributed by atoms with van der Waals surface area (Å²) in [6.07, 6.45) is 1.99. The van der Waals surface area contributed by atoms with E-state index in [2.05, 4.69) is 0 Å². The maximum atomic E-state index is 11.4. The van der Waals surface area contributed by atoms with Crippen LogP contribution in [-0.4, -0.2) is 11.7 Å². The zero-order chi connectivity index (χ0) is 7.82. The fraction of sp³-hybridized carbons (Fsp3) is 0.714. The molecule has 0 rings (SSSR count). The molecule has 0 aromatic rings. The summed E-state index contributed by atoms with van der Waals surface area (Å²) in [5.74, 6) is 0. The van der Waals surface area contributed by atoms with Crippen LogP contribution in [0.25, 0.3) is 0 Å². The molecular formula is C7H12F2O. The molecule has 0 bridgehead atoms. The molecule has 0 aliphatic rings. The number of hydrogen-bond donors (Lipinski definition) is 1. The van der Waals surface area contributed by atoms with Gasteiger partial charge < -0.3 is 5.11 Å². The highest BCUT2D eigenvalue weighted by atomic mass is 19.3. The molecule has 0 aliphatic heterocycles. The first kappa shape index (κ1) is 9.56. The normalized spacial score (nSPS) is 9.50. The molecule has 3 heteroatoms. The fourth-order valence-electron chi connectivity index (χ4n) is 0.644. The first-order chi connectivity index (χ1) is 4.77. The van der Waals surface area contributed by atoms with Gasteiger partial charge in [0.05, 0.1) is 0 Å². The van der Waals surface area contributed by atoms with Crippen LogP contribution in [-0.2, 0) is 0 Å². The van der Waals surface area contributed by atoms with Crippen molar-refractivity contribution in [2.45, 2.75) is 25.7 Å². The Balaban J connectivity index is 2.98. The van der Waals surface area contributed by atoms with Gasteiger partial charge in [-0.3, -0.25) is 0 Å². The second kappa shape index (κ2) is 6.68. The SMILES string of the molecule is OCCCCCC=C(F)F. The smallest absolute Gasteiger partial charge is 0.266 e. The Morgan fingerprint density at radius 3 is 2.40 bits per heavy atom. The van der Waals surface area contributed by atoms with Crippen LogP contribution in [0.4, 0.5) is 8.78 Å². The zero-order valence-corrected chi connectivity index (χ0v) is 5.82. The summed E-state index contributed by atoms with van der Waals surface area (Å²) in [6.45, 7) is 0.155. The lowest BCUT2D eigenvalue weighted by molar-refractivity contribution is 0.283. The highest BCUT2D eigenvalue weighted by molar-refractivity contribution is 4.79. The van der Waals surface area contributed by atoms with Gasteiger partial charge in [-0.2, -0.15) is 8.78 Å². The largest absolute Gasteiger partial charge is 0.396 e. The fourth-order valence-corrected chi connectivity index (χ4v) is 0.644. The van der Waals surface area contributed by atoms with Gasteiger partial charge in [0.2, 0.25) is 0 Å². The van der Waals surface area contributed by atoms with Crippen LogP contribution < -0.4 is 0 Å². The minimum Gasteiger partial charge on any atom is -0.396 e. The Kier molecular flexibility index (Phi) is 6.38. The molecule has 0 fully saturated rings. The molecule has 0 spiro atoms. The summed E-state index contributed by atoms with van der Waals surface area (Å²) in [5.41, 5.74) is 0. The lowest BCUT2D eigenvalue weighted by Crippen LogP contribution is -1.81. The van der Waals surface area contributed by atoms with Gasteiger partial charge in [0.1, 0.15) is 0 Å². The van der Waals surface area contributed by atoms with Crippen molar-refractivity contribution in [1.29, 1.82) is 0 Å². The van der Waals surface area contributed by atoms with Gasteiger partial charge in [-0.15, -0.1) is 0 Å². The Hall–Kier alpha value is -0.440. The van der Waals surface area contributed by atoms with Crippen molar-refractivity contribution in [3.63, 3.8) is 0 Å². The van der Waals surface area contributed by atoms with E-state index in [9.17, 15) is 8.78 Å². The first-order valence-corrected chi connectivity index (χ1v) is 3.39. The number of halogens is 2. The average Bonchev–Trinajstić information content (AvgIpc) is 1.87. The van der Waals surface area contributed by atoms with E-state index in [4.69, 9.17) is 5.11 Å². The number of aliphatic hydroxyl groups is 1. The van der Waals surface area contributed by atoms with E-state index in [1.165, 1.54) is 0 Å². The van der Waals surface area contributed by atoms with Gasteiger partial charge in [-0.1, -0.05) is 6.42 Å². The quantitative estimate of drug-likeness (QED) is 0.596. The molecule has 1 N–H and O–H groups in total. The zero-order valence-electron chi connectivity index (χ0n) is 5.82. The predicted octanol–water partition coefficient (Wildman–Crippen LogP) is 2.32. The van der Waals surface area contributed by atoms with Crippen LogP contribution in [0.1, 0.15) is 25.7 Å². The third-order valence-corrected chi connectivity index (χ3v) is 1.16. The molecule has 0 radical (unpaired) electrons. The second-order valence-corrected chi connectivity index (χ2v) is 2.07. The molecule has 0 saturated carbocycles. The van der Waals surface area contributed by atoms with Crippen molar-refractivity contribution in [1.82, 2.24) is 0 Å². The molecule has 0 heterocycles. The molecule has 0 aromatic carbocycles. The topological polar surface area (TPSA) is 20.2 Å². The van der Waals surface area contributed by atoms with Crippen LogP contribution in [0, 0.1) is 0 Å². The molecule has 1 nitrogen and oxygen atoms in total. The summed E-state index contributed by atoms with van der Waals surface area (Å²) in [4.78, 5) is 0. The number of aliphatic hydroxyl groups excluding tert-OH is 1. The number of hydrogen-bond acceptors (Lipinski definition) is 1. The lowest BCUT2D eigenvalue weighted by atomic mass is 10.2. The monoisotopic (exact) mass is 150 g/mol. The van der Waals surface area contributed by atoms with Crippen molar-refractivity contribution in [2.24, 2.45) is 0 Å². The van der Waals surface area contributed by atoms with Gasteiger partial charge >= 0.3 is 0 Å². The Bertz CT molecular complexity index is 97.8. The summed E-state index contributed by atoms with van der Waals surface area (Å²) < 4.78 is 22.7. The summed E-state index contributed by atoms with van der Waals surface area (Å²) in [5, 5.41) is 8.31. The van der Waals surface area contributed by atoms with Crippen LogP contribution >= 0.6 is 0 Å². The molecule has 60 valence electrons. The van der Waals surface area contributed by atoms with Crippen molar-refractivity contribution in [2.75, 3.05) is 6.61 Å². The van der Waals surface area contributed by atoms with Gasteiger partial charge in [0.25, 0.3) is 6.08 Å². The van der Waals surface area contributed by atoms with Crippen LogP contribution in [0.15, 0.2) is 12.2 Å². The van der Waals surface area contributed by atoms with Crippen molar-refractivity contribution >= 4 is 0 Å². The van der Waals surface area contributed by atoms with Crippen LogP contribution in [0.2, 0.25) is 0 Å². The molecule has 10 heavy (non-hydrogen) atoms. The van der Waals surface area contributed by atoms with Crippen LogP contribution in [0.5, 0.6) is 0 Å². The Morgan fingerprint density at radius 2 is 1.90 bits per heavy atom. The molecule has 0 amide bonds. The molecule has 0 unspecified atom stereocenters. The van der Waals surface area contributed by atoms with Gasteiger partial charge in [-0.05, 0) is 25.3 Å². The number of rotatable bonds is 5. The summed E-state index contributed by atoms with van der Waals surface area (Å²) >= 11 is 0. The standard InChI is InChI=1S/C7H12F2O/c8-7(9)5-3-1-2-4-6-10/h5,10H,1-4,6H2. The maximum Gasteiger partial charge on any atom is 0.266 e. The first-order valence-electron chi connectivity index (χ1n) is 3.39. The molecule has 0 aliphatic carbocycles. The van der Waals surface area contributed by atoms with Crippen LogP contribution in [0.3, 0.4) is 0 Å². The van der Waals surface area contributed by atoms with Gasteiger partial charge in [0.15, 0.2) is 0 Å². The van der Waals surface area contributed by atoms with E-state index in [-0.39, 0.29) is 6.61 Å². The number of unbranched alkanes of at least 4 members (excludes halogenated alkanes) is 3. The predicted molar refractivity (Wildman–Crippen MR) is 35.9 cm³/mol. The number of allylic oxidation sites excluding steroid dienone is 1. The highest BCUT2D eigenvalue weighted by Gasteiger charge is 1.88.